The topological polar surface area (TPSA) is 43.4 Å². The molecule has 0 saturated heterocycles. The summed E-state index contributed by atoms with van der Waals surface area (Å²) in [6, 6.07) is 0. The van der Waals surface area contributed by atoms with Crippen LogP contribution in [0.4, 0.5) is 13.2 Å². The number of rotatable bonds is 2. The van der Waals surface area contributed by atoms with Crippen LogP contribution in [-0.2, 0) is 13.7 Å². The lowest BCUT2D eigenvalue weighted by Gasteiger charge is -2.03. The molecule has 0 heterocycles. The van der Waals surface area contributed by atoms with Crippen LogP contribution in [0.15, 0.2) is 0 Å². The predicted molar refractivity (Wildman–Crippen MR) is 32.6 cm³/mol. The fraction of sp³-hybridized carbons (Fsp3) is 1.00. The molecule has 62 valence electrons. The van der Waals surface area contributed by atoms with E-state index in [9.17, 15) is 21.6 Å². The van der Waals surface area contributed by atoms with Gasteiger partial charge in [0.15, 0.2) is 0 Å². The van der Waals surface area contributed by atoms with Crippen LogP contribution in [0.1, 0.15) is 0 Å². The van der Waals surface area contributed by atoms with Gasteiger partial charge >= 0.3 is 15.6 Å². The Kier molecular flexibility index (Phi) is 3.46. The highest BCUT2D eigenvalue weighted by Gasteiger charge is 2.47. The molecule has 0 unspecified atom stereocenters. The Morgan fingerprint density at radius 1 is 1.40 bits per heavy atom. The van der Waals surface area contributed by atoms with Gasteiger partial charge in [0.2, 0.25) is 0 Å². The fourth-order valence-electron chi connectivity index (χ4n) is 0.0724. The van der Waals surface area contributed by atoms with Crippen LogP contribution < -0.4 is 0 Å². The van der Waals surface area contributed by atoms with Crippen LogP contribution in [0.5, 0.6) is 0 Å². The Balaban J connectivity index is 4.44. The van der Waals surface area contributed by atoms with Gasteiger partial charge in [0.1, 0.15) is 0 Å². The highest BCUT2D eigenvalue weighted by Crippen LogP contribution is 2.29. The van der Waals surface area contributed by atoms with Crippen molar-refractivity contribution < 1.29 is 25.2 Å². The van der Waals surface area contributed by atoms with Gasteiger partial charge in [0.25, 0.3) is 0 Å². The summed E-state index contributed by atoms with van der Waals surface area (Å²) in [7, 11) is -5.49. The lowest BCUT2D eigenvalue weighted by molar-refractivity contribution is -0.0493. The van der Waals surface area contributed by atoms with Crippen molar-refractivity contribution in [2.45, 2.75) is 5.51 Å². The van der Waals surface area contributed by atoms with E-state index in [1.54, 1.807) is 0 Å². The maximum Gasteiger partial charge on any atom is 0.524 e. The van der Waals surface area contributed by atoms with Crippen molar-refractivity contribution in [2.75, 3.05) is 0 Å². The van der Waals surface area contributed by atoms with Crippen molar-refractivity contribution in [1.29, 1.82) is 0 Å². The third-order valence-electron chi connectivity index (χ3n) is 0.399. The molecule has 3 nitrogen and oxygen atoms in total. The molecular weight excluding hydrogens is 261 g/mol. The molecule has 0 aromatic rings. The summed E-state index contributed by atoms with van der Waals surface area (Å²) in [5, 5.41) is 0. The molecule has 0 radical (unpaired) electrons. The molecule has 0 aliphatic carbocycles. The molecule has 0 aromatic carbocycles. The van der Waals surface area contributed by atoms with Crippen molar-refractivity contribution in [2.24, 2.45) is 0 Å². The average Bonchev–Trinajstić information content (AvgIpc) is 1.61. The first-order valence-corrected chi connectivity index (χ1v) is 5.58. The summed E-state index contributed by atoms with van der Waals surface area (Å²) < 4.78 is 56.8. The zero-order chi connectivity index (χ0) is 8.41. The smallest absolute Gasteiger partial charge is 0.189 e. The van der Waals surface area contributed by atoms with E-state index in [-0.39, 0.29) is 10.5 Å². The normalized spacial score (nSPS) is 13.6. The molecule has 10 heavy (non-hydrogen) atoms. The highest BCUT2D eigenvalue weighted by molar-refractivity contribution is 9.49. The van der Waals surface area contributed by atoms with Gasteiger partial charge in [-0.1, -0.05) is 0 Å². The highest BCUT2D eigenvalue weighted by atomic mass is 79.9. The minimum atomic E-state index is -5.43. The number of hydrogen-bond acceptors (Lipinski definition) is 4. The average molecular weight is 261 g/mol. The molecule has 0 aliphatic heterocycles. The van der Waals surface area contributed by atoms with Crippen LogP contribution in [0.3, 0.4) is 0 Å². The lowest BCUT2D eigenvalue weighted by Crippen LogP contribution is -2.22. The second-order valence-electron chi connectivity index (χ2n) is 1.03. The second-order valence-corrected chi connectivity index (χ2v) is 3.87. The Hall–Kier alpha value is 0.530. The van der Waals surface area contributed by atoms with E-state index >= 15 is 0 Å². The van der Waals surface area contributed by atoms with E-state index in [1.807, 2.05) is 0 Å². The van der Waals surface area contributed by atoms with E-state index in [2.05, 4.69) is 18.4 Å². The van der Waals surface area contributed by atoms with Gasteiger partial charge in [-0.15, -0.1) is 0 Å². The zero-order valence-corrected chi connectivity index (χ0v) is 7.27. The molecule has 0 atom stereocenters. The summed E-state index contributed by atoms with van der Waals surface area (Å²) in [4.78, 5) is 0. The Morgan fingerprint density at radius 2 is 1.80 bits per heavy atom. The summed E-state index contributed by atoms with van der Waals surface area (Å²) in [5.74, 6) is 0. The van der Waals surface area contributed by atoms with E-state index in [0.29, 0.717) is 0 Å². The lowest BCUT2D eigenvalue weighted by atomic mass is 11.6. The van der Waals surface area contributed by atoms with Crippen LogP contribution >= 0.6 is 25.3 Å². The van der Waals surface area contributed by atoms with Crippen LogP contribution in [0.2, 0.25) is 0 Å². The zero-order valence-electron chi connectivity index (χ0n) is 4.05. The van der Waals surface area contributed by atoms with Crippen molar-refractivity contribution in [3.8, 4) is 0 Å². The predicted octanol–water partition coefficient (Wildman–Crippen LogP) is 1.81. The fourth-order valence-corrected chi connectivity index (χ4v) is 1.93. The molecule has 0 spiro atoms. The summed E-state index contributed by atoms with van der Waals surface area (Å²) in [6.07, 6.45) is 0. The molecule has 0 aromatic heterocycles. The molecule has 0 rings (SSSR count). The standard InChI is InChI=1S/CBrF3O3S2/c2-9-8-10(6,7)1(3,4)5. The van der Waals surface area contributed by atoms with Gasteiger partial charge in [-0.2, -0.15) is 25.2 Å². The molecule has 0 saturated carbocycles. The van der Waals surface area contributed by atoms with E-state index in [0.717, 1.165) is 0 Å². The first-order valence-electron chi connectivity index (χ1n) is 1.59. The molecule has 0 bridgehead atoms. The van der Waals surface area contributed by atoms with Crippen molar-refractivity contribution >= 4 is 35.4 Å². The first kappa shape index (κ1) is 10.5. The van der Waals surface area contributed by atoms with Crippen LogP contribution in [0, 0.1) is 0 Å². The van der Waals surface area contributed by atoms with E-state index in [4.69, 9.17) is 0 Å². The molecule has 0 aliphatic rings. The van der Waals surface area contributed by atoms with Gasteiger partial charge in [0.05, 0.1) is 10.5 Å². The first-order chi connectivity index (χ1) is 4.31. The van der Waals surface area contributed by atoms with Crippen molar-refractivity contribution in [3.05, 3.63) is 0 Å². The van der Waals surface area contributed by atoms with Crippen LogP contribution in [0.25, 0.3) is 0 Å². The van der Waals surface area contributed by atoms with E-state index < -0.39 is 15.6 Å². The monoisotopic (exact) mass is 260 g/mol. The summed E-state index contributed by atoms with van der Waals surface area (Å²) in [5.41, 5.74) is -5.35. The minimum absolute atomic E-state index is 0.0600. The number of hydrogen-bond donors (Lipinski definition) is 0. The Morgan fingerprint density at radius 3 is 1.90 bits per heavy atom. The molecular formula is CBrF3O3S2. The van der Waals surface area contributed by atoms with Gasteiger partial charge in [-0.25, -0.2) is 0 Å². The van der Waals surface area contributed by atoms with E-state index in [1.165, 1.54) is 0 Å². The summed E-state index contributed by atoms with van der Waals surface area (Å²) >= 11 is 2.29. The second kappa shape index (κ2) is 3.28. The Labute approximate surface area is 66.5 Å². The van der Waals surface area contributed by atoms with Gasteiger partial charge in [0, 0.05) is 14.8 Å². The van der Waals surface area contributed by atoms with Crippen molar-refractivity contribution in [1.82, 2.24) is 0 Å². The maximum atomic E-state index is 11.3. The van der Waals surface area contributed by atoms with Gasteiger partial charge in [-0.3, -0.25) is 0 Å². The molecule has 0 N–H and O–H groups in total. The third kappa shape index (κ3) is 2.64. The van der Waals surface area contributed by atoms with Crippen LogP contribution in [-0.4, -0.2) is 13.9 Å². The van der Waals surface area contributed by atoms with Gasteiger partial charge < -0.3 is 0 Å². The quantitative estimate of drug-likeness (QED) is 0.561. The largest absolute Gasteiger partial charge is 0.524 e. The number of halogens is 4. The maximum absolute atomic E-state index is 11.3. The molecule has 0 amide bonds. The molecule has 9 heteroatoms. The number of alkyl halides is 3. The Bertz CT molecular complexity index is 194. The van der Waals surface area contributed by atoms with Gasteiger partial charge in [-0.05, 0) is 0 Å². The third-order valence-corrected chi connectivity index (χ3v) is 2.86. The summed E-state index contributed by atoms with van der Waals surface area (Å²) in [6.45, 7) is 0. The minimum Gasteiger partial charge on any atom is -0.189 e. The SMILES string of the molecule is O=S(=O)(OSBr)C(F)(F)F. The van der Waals surface area contributed by atoms with Crippen molar-refractivity contribution in [3.63, 3.8) is 0 Å². The molecule has 0 fully saturated rings.